The lowest BCUT2D eigenvalue weighted by molar-refractivity contribution is 0.0974. The van der Waals surface area contributed by atoms with Gasteiger partial charge in [0.2, 0.25) is 0 Å². The number of rotatable bonds is 8. The van der Waals surface area contributed by atoms with Gasteiger partial charge < -0.3 is 5.32 Å². The van der Waals surface area contributed by atoms with Crippen molar-refractivity contribution in [1.29, 1.82) is 0 Å². The van der Waals surface area contributed by atoms with Gasteiger partial charge in [-0.05, 0) is 67.9 Å². The van der Waals surface area contributed by atoms with Gasteiger partial charge in [-0.15, -0.1) is 0 Å². The van der Waals surface area contributed by atoms with Crippen LogP contribution in [0.2, 0.25) is 0 Å². The molecule has 4 rings (SSSR count). The summed E-state index contributed by atoms with van der Waals surface area (Å²) in [5, 5.41) is 2.97. The summed E-state index contributed by atoms with van der Waals surface area (Å²) in [6.07, 6.45) is 6.23. The molecule has 1 aliphatic rings. The van der Waals surface area contributed by atoms with Crippen molar-refractivity contribution in [3.05, 3.63) is 94.8 Å². The molecule has 4 heteroatoms. The highest BCUT2D eigenvalue weighted by Gasteiger charge is 2.25. The summed E-state index contributed by atoms with van der Waals surface area (Å²) < 4.78 is 0. The van der Waals surface area contributed by atoms with E-state index in [1.165, 1.54) is 5.56 Å². The molecule has 4 nitrogen and oxygen atoms in total. The second-order valence-corrected chi connectivity index (χ2v) is 8.08. The molecule has 1 saturated carbocycles. The first kappa shape index (κ1) is 20.0. The largest absolute Gasteiger partial charge is 0.322 e. The normalized spacial score (nSPS) is 13.1. The molecule has 0 atom stereocenters. The lowest BCUT2D eigenvalue weighted by atomic mass is 10.0. The molecule has 1 aromatic heterocycles. The quantitative estimate of drug-likeness (QED) is 0.516. The second kappa shape index (κ2) is 9.04. The van der Waals surface area contributed by atoms with Crippen LogP contribution in [0.1, 0.15) is 56.8 Å². The smallest absolute Gasteiger partial charge is 0.255 e. The first-order valence-corrected chi connectivity index (χ1v) is 10.5. The van der Waals surface area contributed by atoms with E-state index < -0.39 is 0 Å². The molecule has 0 spiro atoms. The topological polar surface area (TPSA) is 59.1 Å². The van der Waals surface area contributed by atoms with E-state index in [1.54, 1.807) is 18.3 Å². The average molecular weight is 399 g/mol. The predicted octanol–water partition coefficient (Wildman–Crippen LogP) is 5.41. The number of benzene rings is 2. The standard InChI is InChI=1S/C26H26N2O2/c1-18-7-11-21(25(29)15-20-8-9-20)17-24(18)28-26(30)22-13-14-27-23(16-22)12-10-19-5-3-2-4-6-19/h2-7,11,13-14,16-17,20H,8-10,12,15H2,1H3,(H,28,30). The van der Waals surface area contributed by atoms with Gasteiger partial charge in [0.05, 0.1) is 0 Å². The van der Waals surface area contributed by atoms with E-state index in [1.807, 2.05) is 43.3 Å². The van der Waals surface area contributed by atoms with Crippen molar-refractivity contribution in [3.63, 3.8) is 0 Å². The lowest BCUT2D eigenvalue weighted by Gasteiger charge is -2.11. The van der Waals surface area contributed by atoms with Gasteiger partial charge in [-0.1, -0.05) is 42.5 Å². The predicted molar refractivity (Wildman–Crippen MR) is 119 cm³/mol. The van der Waals surface area contributed by atoms with Crippen LogP contribution < -0.4 is 5.32 Å². The van der Waals surface area contributed by atoms with Crippen LogP contribution >= 0.6 is 0 Å². The van der Waals surface area contributed by atoms with Gasteiger partial charge in [-0.25, -0.2) is 0 Å². The molecule has 1 N–H and O–H groups in total. The summed E-state index contributed by atoms with van der Waals surface area (Å²) in [5.74, 6) is 0.510. The molecular formula is C26H26N2O2. The molecule has 152 valence electrons. The third-order valence-electron chi connectivity index (χ3n) is 5.57. The maximum absolute atomic E-state index is 12.8. The number of aromatic nitrogens is 1. The Bertz CT molecular complexity index is 1060. The number of amides is 1. The highest BCUT2D eigenvalue weighted by molar-refractivity contribution is 6.05. The molecule has 1 amide bonds. The number of aryl methyl sites for hydroxylation is 3. The molecule has 0 bridgehead atoms. The Balaban J connectivity index is 1.44. The van der Waals surface area contributed by atoms with Gasteiger partial charge in [0.25, 0.3) is 5.91 Å². The second-order valence-electron chi connectivity index (χ2n) is 8.08. The summed E-state index contributed by atoms with van der Waals surface area (Å²) >= 11 is 0. The minimum atomic E-state index is -0.187. The van der Waals surface area contributed by atoms with Crippen LogP contribution in [-0.4, -0.2) is 16.7 Å². The monoisotopic (exact) mass is 398 g/mol. The number of nitrogens with one attached hydrogen (secondary N) is 1. The molecule has 0 aliphatic heterocycles. The number of hydrogen-bond acceptors (Lipinski definition) is 3. The summed E-state index contributed by atoms with van der Waals surface area (Å²) in [6, 6.07) is 19.4. The number of carbonyl (C=O) groups is 2. The lowest BCUT2D eigenvalue weighted by Crippen LogP contribution is -2.14. The van der Waals surface area contributed by atoms with Crippen molar-refractivity contribution < 1.29 is 9.59 Å². The summed E-state index contributed by atoms with van der Waals surface area (Å²) in [5.41, 5.74) is 4.99. The maximum atomic E-state index is 12.8. The number of anilines is 1. The van der Waals surface area contributed by atoms with E-state index in [4.69, 9.17) is 0 Å². The SMILES string of the molecule is Cc1ccc(C(=O)CC2CC2)cc1NC(=O)c1ccnc(CCc2ccccc2)c1. The van der Waals surface area contributed by atoms with Crippen molar-refractivity contribution in [2.45, 2.75) is 39.0 Å². The summed E-state index contributed by atoms with van der Waals surface area (Å²) in [7, 11) is 0. The summed E-state index contributed by atoms with van der Waals surface area (Å²) in [4.78, 5) is 29.7. The zero-order valence-electron chi connectivity index (χ0n) is 17.2. The van der Waals surface area contributed by atoms with Crippen LogP contribution in [0, 0.1) is 12.8 Å². The van der Waals surface area contributed by atoms with Crippen molar-refractivity contribution >= 4 is 17.4 Å². The molecular weight excluding hydrogens is 372 g/mol. The molecule has 30 heavy (non-hydrogen) atoms. The highest BCUT2D eigenvalue weighted by atomic mass is 16.1. The Labute approximate surface area is 177 Å². The van der Waals surface area contributed by atoms with Crippen LogP contribution in [0.4, 0.5) is 5.69 Å². The number of pyridine rings is 1. The molecule has 0 saturated heterocycles. The third-order valence-corrected chi connectivity index (χ3v) is 5.57. The Morgan fingerprint density at radius 1 is 0.967 bits per heavy atom. The van der Waals surface area contributed by atoms with Gasteiger partial charge in [0, 0.05) is 35.1 Å². The zero-order valence-corrected chi connectivity index (χ0v) is 17.2. The van der Waals surface area contributed by atoms with Crippen LogP contribution in [0.5, 0.6) is 0 Å². The molecule has 0 radical (unpaired) electrons. The number of carbonyl (C=O) groups excluding carboxylic acids is 2. The van der Waals surface area contributed by atoms with E-state index in [9.17, 15) is 9.59 Å². The van der Waals surface area contributed by atoms with Gasteiger partial charge in [-0.2, -0.15) is 0 Å². The average Bonchev–Trinajstić information content (AvgIpc) is 3.58. The first-order valence-electron chi connectivity index (χ1n) is 10.5. The Morgan fingerprint density at radius 3 is 2.53 bits per heavy atom. The van der Waals surface area contributed by atoms with Gasteiger partial charge >= 0.3 is 0 Å². The van der Waals surface area contributed by atoms with E-state index in [0.717, 1.165) is 36.9 Å². The van der Waals surface area contributed by atoms with Gasteiger partial charge in [0.15, 0.2) is 5.78 Å². The fraction of sp³-hybridized carbons (Fsp3) is 0.269. The Kier molecular flexibility index (Phi) is 6.03. The van der Waals surface area contributed by atoms with Crippen molar-refractivity contribution in [2.24, 2.45) is 5.92 Å². The summed E-state index contributed by atoms with van der Waals surface area (Å²) in [6.45, 7) is 1.93. The molecule has 1 fully saturated rings. The van der Waals surface area contributed by atoms with E-state index >= 15 is 0 Å². The number of nitrogens with zero attached hydrogens (tertiary/aromatic N) is 1. The molecule has 3 aromatic rings. The zero-order chi connectivity index (χ0) is 20.9. The van der Waals surface area contributed by atoms with Crippen molar-refractivity contribution in [1.82, 2.24) is 4.98 Å². The fourth-order valence-electron chi connectivity index (χ4n) is 3.50. The van der Waals surface area contributed by atoms with E-state index in [2.05, 4.69) is 22.4 Å². The van der Waals surface area contributed by atoms with Gasteiger partial charge in [-0.3, -0.25) is 14.6 Å². The van der Waals surface area contributed by atoms with Crippen molar-refractivity contribution in [2.75, 3.05) is 5.32 Å². The Morgan fingerprint density at radius 2 is 1.77 bits per heavy atom. The van der Waals surface area contributed by atoms with Crippen LogP contribution in [0.15, 0.2) is 66.9 Å². The van der Waals surface area contributed by atoms with E-state index in [-0.39, 0.29) is 11.7 Å². The van der Waals surface area contributed by atoms with Gasteiger partial charge in [0.1, 0.15) is 0 Å². The number of Topliss-reactive ketones (excluding diaryl/α,β-unsaturated/α-hetero) is 1. The molecule has 1 aliphatic carbocycles. The third kappa shape index (κ3) is 5.20. The minimum absolute atomic E-state index is 0.153. The fourth-order valence-corrected chi connectivity index (χ4v) is 3.50. The van der Waals surface area contributed by atoms with Crippen LogP contribution in [-0.2, 0) is 12.8 Å². The minimum Gasteiger partial charge on any atom is -0.322 e. The molecule has 1 heterocycles. The molecule has 0 unspecified atom stereocenters. The number of hydrogen-bond donors (Lipinski definition) is 1. The van der Waals surface area contributed by atoms with E-state index in [0.29, 0.717) is 29.2 Å². The van der Waals surface area contributed by atoms with Crippen molar-refractivity contribution in [3.8, 4) is 0 Å². The first-order chi connectivity index (χ1) is 14.6. The highest BCUT2D eigenvalue weighted by Crippen LogP contribution is 2.34. The molecule has 2 aromatic carbocycles. The Hall–Kier alpha value is -3.27. The number of ketones is 1. The van der Waals surface area contributed by atoms with Crippen LogP contribution in [0.3, 0.4) is 0 Å². The maximum Gasteiger partial charge on any atom is 0.255 e. The van der Waals surface area contributed by atoms with Crippen LogP contribution in [0.25, 0.3) is 0 Å².